The molecule has 1 unspecified atom stereocenters. The smallest absolute Gasteiger partial charge is 0.358 e. The summed E-state index contributed by atoms with van der Waals surface area (Å²) in [7, 11) is 1.54. The Morgan fingerprint density at radius 2 is 1.72 bits per heavy atom. The molecule has 1 fully saturated rings. The van der Waals surface area contributed by atoms with Crippen LogP contribution in [0.3, 0.4) is 0 Å². The molecule has 1 aliphatic heterocycles. The Bertz CT molecular complexity index is 1390. The van der Waals surface area contributed by atoms with Gasteiger partial charge in [-0.25, -0.2) is 14.0 Å². The molecule has 1 saturated heterocycles. The van der Waals surface area contributed by atoms with Crippen molar-refractivity contribution in [3.8, 4) is 11.6 Å². The highest BCUT2D eigenvalue weighted by Crippen LogP contribution is 2.33. The Morgan fingerprint density at radius 1 is 1.00 bits per heavy atom. The molecule has 1 atom stereocenters. The van der Waals surface area contributed by atoms with Crippen LogP contribution in [0.2, 0.25) is 0 Å². The fourth-order valence-corrected chi connectivity index (χ4v) is 5.05. The van der Waals surface area contributed by atoms with E-state index in [0.717, 1.165) is 31.5 Å². The number of likely N-dealkylation sites (tertiary alicyclic amines) is 1. The maximum Gasteiger partial charge on any atom is 0.358 e. The largest absolute Gasteiger partial charge is 0.482 e. The van der Waals surface area contributed by atoms with Crippen molar-refractivity contribution in [1.29, 1.82) is 0 Å². The molecule has 8 heteroatoms. The molecule has 1 aliphatic rings. The van der Waals surface area contributed by atoms with Gasteiger partial charge in [0.05, 0.1) is 19.4 Å². The summed E-state index contributed by atoms with van der Waals surface area (Å²) in [5.41, 5.74) is 3.16. The molecule has 0 saturated carbocycles. The molecular formula is C28H30N4O4. The maximum absolute atomic E-state index is 13.0. The third kappa shape index (κ3) is 4.52. The van der Waals surface area contributed by atoms with E-state index in [0.29, 0.717) is 29.7 Å². The summed E-state index contributed by atoms with van der Waals surface area (Å²) in [5, 5.41) is 4.46. The minimum atomic E-state index is -0.381. The van der Waals surface area contributed by atoms with Crippen molar-refractivity contribution < 1.29 is 14.3 Å². The second kappa shape index (κ2) is 10.4. The molecule has 4 aromatic rings. The van der Waals surface area contributed by atoms with E-state index >= 15 is 0 Å². The standard InChI is InChI=1S/C28H30N4O4/c1-3-36-27(33)26(22-8-5-4-6-9-22)30-18-16-21(17-19-30)20-12-14-23(15-13-20)32-28(34)31-24(29-32)10-7-11-25(31)35-2/h4-15,21,26H,3,16-19H2,1-2H3. The summed E-state index contributed by atoms with van der Waals surface area (Å²) in [6.07, 6.45) is 1.88. The van der Waals surface area contributed by atoms with Gasteiger partial charge in [-0.3, -0.25) is 4.90 Å². The predicted molar refractivity (Wildman–Crippen MR) is 137 cm³/mol. The zero-order valence-electron chi connectivity index (χ0n) is 20.5. The number of benzene rings is 2. The van der Waals surface area contributed by atoms with Gasteiger partial charge in [0.15, 0.2) is 5.65 Å². The molecule has 8 nitrogen and oxygen atoms in total. The molecule has 3 heterocycles. The van der Waals surface area contributed by atoms with Gasteiger partial charge in [0.1, 0.15) is 6.04 Å². The first-order valence-corrected chi connectivity index (χ1v) is 12.3. The topological polar surface area (TPSA) is 78.1 Å². The molecular weight excluding hydrogens is 456 g/mol. The first-order valence-electron chi connectivity index (χ1n) is 12.3. The number of carbonyl (C=O) groups is 1. The maximum atomic E-state index is 13.0. The van der Waals surface area contributed by atoms with E-state index in [1.807, 2.05) is 55.5 Å². The van der Waals surface area contributed by atoms with Gasteiger partial charge in [-0.2, -0.15) is 4.68 Å². The number of esters is 1. The summed E-state index contributed by atoms with van der Waals surface area (Å²) < 4.78 is 13.6. The van der Waals surface area contributed by atoms with Gasteiger partial charge in [0.25, 0.3) is 0 Å². The van der Waals surface area contributed by atoms with Crippen molar-refractivity contribution in [2.75, 3.05) is 26.8 Å². The van der Waals surface area contributed by atoms with Crippen LogP contribution in [0.4, 0.5) is 0 Å². The van der Waals surface area contributed by atoms with Crippen molar-refractivity contribution in [3.05, 3.63) is 94.4 Å². The molecule has 5 rings (SSSR count). The van der Waals surface area contributed by atoms with E-state index in [1.165, 1.54) is 21.8 Å². The van der Waals surface area contributed by atoms with E-state index in [1.54, 1.807) is 12.1 Å². The molecule has 0 spiro atoms. The molecule has 0 amide bonds. The number of nitrogens with zero attached hydrogens (tertiary/aromatic N) is 4. The molecule has 186 valence electrons. The summed E-state index contributed by atoms with van der Waals surface area (Å²) in [5.74, 6) is 0.636. The van der Waals surface area contributed by atoms with Gasteiger partial charge in [0, 0.05) is 0 Å². The van der Waals surface area contributed by atoms with Gasteiger partial charge < -0.3 is 9.47 Å². The highest BCUT2D eigenvalue weighted by molar-refractivity contribution is 5.77. The van der Waals surface area contributed by atoms with E-state index in [4.69, 9.17) is 9.47 Å². The van der Waals surface area contributed by atoms with Crippen molar-refractivity contribution in [2.45, 2.75) is 31.7 Å². The van der Waals surface area contributed by atoms with Gasteiger partial charge >= 0.3 is 11.7 Å². The number of aromatic nitrogens is 3. The number of hydrogen-bond donors (Lipinski definition) is 0. The number of piperidine rings is 1. The fourth-order valence-electron chi connectivity index (χ4n) is 5.05. The minimum absolute atomic E-state index is 0.193. The second-order valence-corrected chi connectivity index (χ2v) is 8.92. The van der Waals surface area contributed by atoms with Crippen LogP contribution in [0.15, 0.2) is 77.6 Å². The lowest BCUT2D eigenvalue weighted by Gasteiger charge is -2.36. The third-order valence-electron chi connectivity index (χ3n) is 6.85. The number of hydrogen-bond acceptors (Lipinski definition) is 6. The number of carbonyl (C=O) groups excluding carboxylic acids is 1. The molecule has 0 radical (unpaired) electrons. The lowest BCUT2D eigenvalue weighted by Crippen LogP contribution is -2.40. The first kappa shape index (κ1) is 23.8. The molecule has 36 heavy (non-hydrogen) atoms. The van der Waals surface area contributed by atoms with Crippen LogP contribution in [0.5, 0.6) is 5.88 Å². The first-order chi connectivity index (χ1) is 17.6. The molecule has 0 aliphatic carbocycles. The summed E-state index contributed by atoms with van der Waals surface area (Å²) in [6, 6.07) is 22.8. The SMILES string of the molecule is CCOC(=O)C(c1ccccc1)N1CCC(c2ccc(-n3nc4cccc(OC)n4c3=O)cc2)CC1. The summed E-state index contributed by atoms with van der Waals surface area (Å²) in [4.78, 5) is 28.0. The zero-order valence-corrected chi connectivity index (χ0v) is 20.5. The quantitative estimate of drug-likeness (QED) is 0.368. The van der Waals surface area contributed by atoms with E-state index in [9.17, 15) is 9.59 Å². The van der Waals surface area contributed by atoms with Crippen molar-refractivity contribution in [1.82, 2.24) is 19.1 Å². The number of rotatable bonds is 7. The number of pyridine rings is 1. The van der Waals surface area contributed by atoms with Crippen LogP contribution < -0.4 is 10.4 Å². The van der Waals surface area contributed by atoms with Gasteiger partial charge in [-0.1, -0.05) is 48.5 Å². The van der Waals surface area contributed by atoms with Crippen LogP contribution >= 0.6 is 0 Å². The van der Waals surface area contributed by atoms with Crippen LogP contribution in [-0.4, -0.2) is 51.9 Å². The van der Waals surface area contributed by atoms with Gasteiger partial charge in [0.2, 0.25) is 5.88 Å². The Morgan fingerprint density at radius 3 is 2.39 bits per heavy atom. The normalized spacial score (nSPS) is 15.6. The van der Waals surface area contributed by atoms with Gasteiger partial charge in [-0.05, 0) is 74.2 Å². The van der Waals surface area contributed by atoms with Crippen LogP contribution in [-0.2, 0) is 9.53 Å². The lowest BCUT2D eigenvalue weighted by atomic mass is 9.88. The average molecular weight is 487 g/mol. The minimum Gasteiger partial charge on any atom is -0.482 e. The molecule has 2 aromatic carbocycles. The second-order valence-electron chi connectivity index (χ2n) is 8.92. The van der Waals surface area contributed by atoms with Crippen molar-refractivity contribution >= 4 is 11.6 Å². The number of fused-ring (bicyclic) bond motifs is 1. The zero-order chi connectivity index (χ0) is 25.1. The van der Waals surface area contributed by atoms with Gasteiger partial charge in [-0.15, -0.1) is 5.10 Å². The molecule has 2 aromatic heterocycles. The Hall–Kier alpha value is -3.91. The lowest BCUT2D eigenvalue weighted by molar-refractivity contribution is -0.150. The Kier molecular flexibility index (Phi) is 6.86. The summed E-state index contributed by atoms with van der Waals surface area (Å²) >= 11 is 0. The van der Waals surface area contributed by atoms with Crippen molar-refractivity contribution in [2.24, 2.45) is 0 Å². The predicted octanol–water partition coefficient (Wildman–Crippen LogP) is 3.98. The highest BCUT2D eigenvalue weighted by atomic mass is 16.5. The average Bonchev–Trinajstić information content (AvgIpc) is 3.27. The number of methoxy groups -OCH3 is 1. The van der Waals surface area contributed by atoms with E-state index in [-0.39, 0.29) is 17.7 Å². The van der Waals surface area contributed by atoms with E-state index < -0.39 is 0 Å². The highest BCUT2D eigenvalue weighted by Gasteiger charge is 2.32. The number of ether oxygens (including phenoxy) is 2. The Balaban J connectivity index is 1.31. The van der Waals surface area contributed by atoms with Crippen LogP contribution in [0.1, 0.15) is 42.9 Å². The molecule has 0 bridgehead atoms. The van der Waals surface area contributed by atoms with Crippen molar-refractivity contribution in [3.63, 3.8) is 0 Å². The Labute approximate surface area is 209 Å². The summed E-state index contributed by atoms with van der Waals surface area (Å²) in [6.45, 7) is 3.81. The van der Waals surface area contributed by atoms with Crippen LogP contribution in [0, 0.1) is 0 Å². The van der Waals surface area contributed by atoms with E-state index in [2.05, 4.69) is 22.1 Å². The third-order valence-corrected chi connectivity index (χ3v) is 6.85. The monoisotopic (exact) mass is 486 g/mol. The molecule has 0 N–H and O–H groups in total. The fraction of sp³-hybridized carbons (Fsp3) is 0.321. The van der Waals surface area contributed by atoms with Crippen LogP contribution in [0.25, 0.3) is 11.3 Å².